The number of hydrogen-bond donors (Lipinski definition) is 2. The minimum atomic E-state index is -0.655. The smallest absolute Gasteiger partial charge is 0.220 e. The Morgan fingerprint density at radius 3 is 1.92 bits per heavy atom. The SMILES string of the molecule is CCCCCCCCCCCCCC(=O)N[C@@H](C)[C@H](O)c1ccccc1. The van der Waals surface area contributed by atoms with Crippen molar-refractivity contribution in [3.05, 3.63) is 35.9 Å². The molecule has 0 aliphatic heterocycles. The van der Waals surface area contributed by atoms with E-state index in [1.54, 1.807) is 0 Å². The van der Waals surface area contributed by atoms with E-state index in [4.69, 9.17) is 0 Å². The van der Waals surface area contributed by atoms with Crippen LogP contribution in [0.15, 0.2) is 30.3 Å². The molecule has 148 valence electrons. The van der Waals surface area contributed by atoms with Crippen LogP contribution in [0, 0.1) is 0 Å². The fourth-order valence-electron chi connectivity index (χ4n) is 3.29. The lowest BCUT2D eigenvalue weighted by atomic mass is 10.0. The van der Waals surface area contributed by atoms with Gasteiger partial charge in [-0.05, 0) is 18.9 Å². The van der Waals surface area contributed by atoms with Crippen molar-refractivity contribution in [2.24, 2.45) is 0 Å². The van der Waals surface area contributed by atoms with Crippen LogP contribution in [0.4, 0.5) is 0 Å². The summed E-state index contributed by atoms with van der Waals surface area (Å²) in [7, 11) is 0. The maximum atomic E-state index is 12.0. The van der Waals surface area contributed by atoms with Gasteiger partial charge in [-0.2, -0.15) is 0 Å². The number of nitrogens with one attached hydrogen (secondary N) is 1. The van der Waals surface area contributed by atoms with E-state index in [1.165, 1.54) is 57.8 Å². The normalized spacial score (nSPS) is 13.3. The first kappa shape index (κ1) is 22.7. The van der Waals surface area contributed by atoms with Gasteiger partial charge in [0, 0.05) is 6.42 Å². The molecule has 0 spiro atoms. The molecule has 1 aromatic carbocycles. The van der Waals surface area contributed by atoms with Crippen molar-refractivity contribution in [3.8, 4) is 0 Å². The van der Waals surface area contributed by atoms with Gasteiger partial charge in [0.15, 0.2) is 0 Å². The zero-order valence-corrected chi connectivity index (χ0v) is 16.9. The molecule has 0 aliphatic rings. The summed E-state index contributed by atoms with van der Waals surface area (Å²) in [4.78, 5) is 12.0. The number of unbranched alkanes of at least 4 members (excludes halogenated alkanes) is 10. The van der Waals surface area contributed by atoms with Crippen LogP contribution >= 0.6 is 0 Å². The molecule has 0 saturated heterocycles. The average Bonchev–Trinajstić information content (AvgIpc) is 2.66. The highest BCUT2D eigenvalue weighted by Crippen LogP contribution is 2.16. The molecule has 0 bridgehead atoms. The molecule has 0 saturated carbocycles. The Labute approximate surface area is 160 Å². The molecule has 1 rings (SSSR count). The van der Waals surface area contributed by atoms with E-state index in [1.807, 2.05) is 37.3 Å². The first-order valence-electron chi connectivity index (χ1n) is 10.7. The van der Waals surface area contributed by atoms with Crippen LogP contribution in [-0.2, 0) is 4.79 Å². The largest absolute Gasteiger partial charge is 0.386 e. The van der Waals surface area contributed by atoms with Gasteiger partial charge in [-0.15, -0.1) is 0 Å². The van der Waals surface area contributed by atoms with Crippen molar-refractivity contribution in [2.45, 2.75) is 103 Å². The standard InChI is InChI=1S/C23H39NO2/c1-3-4-5-6-7-8-9-10-11-12-16-19-22(25)24-20(2)23(26)21-17-14-13-15-18-21/h13-15,17-18,20,23,26H,3-12,16,19H2,1-2H3,(H,24,25)/t20-,23-/m0/s1. The number of aliphatic hydroxyl groups excluding tert-OH is 1. The minimum Gasteiger partial charge on any atom is -0.386 e. The number of carbonyl (C=O) groups is 1. The van der Waals surface area contributed by atoms with Gasteiger partial charge in [-0.1, -0.05) is 101 Å². The lowest BCUT2D eigenvalue weighted by Crippen LogP contribution is -2.36. The molecule has 3 nitrogen and oxygen atoms in total. The molecule has 26 heavy (non-hydrogen) atoms. The average molecular weight is 362 g/mol. The Kier molecular flexibility index (Phi) is 12.9. The van der Waals surface area contributed by atoms with Crippen LogP contribution in [-0.4, -0.2) is 17.1 Å². The molecule has 0 aromatic heterocycles. The maximum Gasteiger partial charge on any atom is 0.220 e. The fourth-order valence-corrected chi connectivity index (χ4v) is 3.29. The van der Waals surface area contributed by atoms with Crippen LogP contribution in [0.5, 0.6) is 0 Å². The number of amides is 1. The van der Waals surface area contributed by atoms with Gasteiger partial charge in [0.2, 0.25) is 5.91 Å². The highest BCUT2D eigenvalue weighted by Gasteiger charge is 2.17. The molecule has 1 amide bonds. The summed E-state index contributed by atoms with van der Waals surface area (Å²) in [6.45, 7) is 4.11. The molecule has 0 aliphatic carbocycles. The number of aliphatic hydroxyl groups is 1. The summed E-state index contributed by atoms with van der Waals surface area (Å²) in [5.74, 6) is 0.0448. The molecular formula is C23H39NO2. The van der Waals surface area contributed by atoms with E-state index in [2.05, 4.69) is 12.2 Å². The van der Waals surface area contributed by atoms with Crippen molar-refractivity contribution in [3.63, 3.8) is 0 Å². The molecule has 0 unspecified atom stereocenters. The summed E-state index contributed by atoms with van der Waals surface area (Å²) >= 11 is 0. The molecule has 0 radical (unpaired) electrons. The summed E-state index contributed by atoms with van der Waals surface area (Å²) in [5.41, 5.74) is 0.843. The van der Waals surface area contributed by atoms with Gasteiger partial charge in [0.25, 0.3) is 0 Å². The maximum absolute atomic E-state index is 12.0. The second-order valence-electron chi connectivity index (χ2n) is 7.50. The third-order valence-corrected chi connectivity index (χ3v) is 5.01. The van der Waals surface area contributed by atoms with Gasteiger partial charge < -0.3 is 10.4 Å². The van der Waals surface area contributed by atoms with Crippen LogP contribution < -0.4 is 5.32 Å². The summed E-state index contributed by atoms with van der Waals surface area (Å²) in [5, 5.41) is 13.2. The molecular weight excluding hydrogens is 322 g/mol. The lowest BCUT2D eigenvalue weighted by molar-refractivity contribution is -0.122. The first-order chi connectivity index (χ1) is 12.6. The third kappa shape index (κ3) is 10.6. The van der Waals surface area contributed by atoms with Crippen molar-refractivity contribution in [2.75, 3.05) is 0 Å². The predicted octanol–water partition coefficient (Wildman–Crippen LogP) is 5.93. The minimum absolute atomic E-state index is 0.0448. The third-order valence-electron chi connectivity index (χ3n) is 5.01. The monoisotopic (exact) mass is 361 g/mol. The van der Waals surface area contributed by atoms with Gasteiger partial charge >= 0.3 is 0 Å². The van der Waals surface area contributed by atoms with Gasteiger partial charge in [-0.25, -0.2) is 0 Å². The highest BCUT2D eigenvalue weighted by molar-refractivity contribution is 5.76. The van der Waals surface area contributed by atoms with Gasteiger partial charge in [-0.3, -0.25) is 4.79 Å². The Hall–Kier alpha value is -1.35. The molecule has 1 aromatic rings. The van der Waals surface area contributed by atoms with Crippen LogP contribution in [0.2, 0.25) is 0 Å². The van der Waals surface area contributed by atoms with Crippen LogP contribution in [0.25, 0.3) is 0 Å². The van der Waals surface area contributed by atoms with E-state index in [-0.39, 0.29) is 11.9 Å². The topological polar surface area (TPSA) is 49.3 Å². The Morgan fingerprint density at radius 2 is 1.38 bits per heavy atom. The van der Waals surface area contributed by atoms with Gasteiger partial charge in [0.05, 0.1) is 12.1 Å². The highest BCUT2D eigenvalue weighted by atomic mass is 16.3. The van der Waals surface area contributed by atoms with Crippen LogP contribution in [0.1, 0.15) is 103 Å². The Bertz CT molecular complexity index is 461. The van der Waals surface area contributed by atoms with Crippen LogP contribution in [0.3, 0.4) is 0 Å². The van der Waals surface area contributed by atoms with E-state index >= 15 is 0 Å². The number of rotatable bonds is 15. The Morgan fingerprint density at radius 1 is 0.885 bits per heavy atom. The summed E-state index contributed by atoms with van der Waals surface area (Å²) in [6, 6.07) is 9.23. The zero-order valence-electron chi connectivity index (χ0n) is 16.9. The second-order valence-corrected chi connectivity index (χ2v) is 7.50. The molecule has 3 heteroatoms. The molecule has 0 heterocycles. The van der Waals surface area contributed by atoms with Crippen molar-refractivity contribution in [1.82, 2.24) is 5.32 Å². The zero-order chi connectivity index (χ0) is 19.0. The molecule has 2 N–H and O–H groups in total. The van der Waals surface area contributed by atoms with Crippen molar-refractivity contribution >= 4 is 5.91 Å². The fraction of sp³-hybridized carbons (Fsp3) is 0.696. The second kappa shape index (κ2) is 14.8. The Balaban J connectivity index is 2.00. The lowest BCUT2D eigenvalue weighted by Gasteiger charge is -2.20. The number of hydrogen-bond acceptors (Lipinski definition) is 2. The first-order valence-corrected chi connectivity index (χ1v) is 10.7. The number of benzene rings is 1. The number of carbonyl (C=O) groups excluding carboxylic acids is 1. The van der Waals surface area contributed by atoms with E-state index in [0.29, 0.717) is 6.42 Å². The van der Waals surface area contributed by atoms with E-state index < -0.39 is 6.10 Å². The predicted molar refractivity (Wildman–Crippen MR) is 110 cm³/mol. The molecule has 0 fully saturated rings. The quantitative estimate of drug-likeness (QED) is 0.381. The van der Waals surface area contributed by atoms with E-state index in [0.717, 1.165) is 18.4 Å². The van der Waals surface area contributed by atoms with Crippen molar-refractivity contribution in [1.29, 1.82) is 0 Å². The van der Waals surface area contributed by atoms with Crippen molar-refractivity contribution < 1.29 is 9.90 Å². The van der Waals surface area contributed by atoms with Gasteiger partial charge in [0.1, 0.15) is 0 Å². The van der Waals surface area contributed by atoms with E-state index in [9.17, 15) is 9.90 Å². The summed E-state index contributed by atoms with van der Waals surface area (Å²) < 4.78 is 0. The summed E-state index contributed by atoms with van der Waals surface area (Å²) in [6.07, 6.45) is 14.0. The molecule has 2 atom stereocenters.